The molecular formula is C14H14N6O2. The van der Waals surface area contributed by atoms with E-state index in [0.29, 0.717) is 36.1 Å². The second kappa shape index (κ2) is 6.17. The molecule has 0 aliphatic carbocycles. The van der Waals surface area contributed by atoms with E-state index in [1.54, 1.807) is 31.6 Å². The highest BCUT2D eigenvalue weighted by molar-refractivity contribution is 5.94. The number of carbonyl (C=O) groups excluding carboxylic acids is 1. The van der Waals surface area contributed by atoms with Gasteiger partial charge in [-0.1, -0.05) is 5.16 Å². The minimum atomic E-state index is -0.212. The van der Waals surface area contributed by atoms with Crippen LogP contribution in [0.1, 0.15) is 16.1 Å². The minimum absolute atomic E-state index is 0.212. The highest BCUT2D eigenvalue weighted by Gasteiger charge is 2.13. The number of hydrogen-bond acceptors (Lipinski definition) is 6. The van der Waals surface area contributed by atoms with Gasteiger partial charge in [0.05, 0.1) is 6.20 Å². The lowest BCUT2D eigenvalue weighted by molar-refractivity contribution is 0.0951. The second-order valence-corrected chi connectivity index (χ2v) is 4.57. The zero-order valence-corrected chi connectivity index (χ0v) is 11.9. The molecule has 8 heteroatoms. The van der Waals surface area contributed by atoms with Crippen LogP contribution in [0.5, 0.6) is 0 Å². The third-order valence-electron chi connectivity index (χ3n) is 3.11. The first-order chi connectivity index (χ1) is 10.8. The molecule has 1 N–H and O–H groups in total. The molecular weight excluding hydrogens is 284 g/mol. The van der Waals surface area contributed by atoms with Gasteiger partial charge in [0.15, 0.2) is 11.6 Å². The standard InChI is InChI=1S/C14H14N6O2/c1-10-11(9-19-22-10)14(21)18-6-8-20-7-5-17-13(20)12-15-3-2-4-16-12/h2-5,7,9H,6,8H2,1H3,(H,18,21). The Hall–Kier alpha value is -3.03. The van der Waals surface area contributed by atoms with Crippen molar-refractivity contribution in [1.29, 1.82) is 0 Å². The number of aryl methyl sites for hydroxylation is 1. The van der Waals surface area contributed by atoms with Crippen LogP contribution in [0.2, 0.25) is 0 Å². The molecule has 0 radical (unpaired) electrons. The van der Waals surface area contributed by atoms with E-state index in [-0.39, 0.29) is 5.91 Å². The Bertz CT molecular complexity index is 765. The van der Waals surface area contributed by atoms with E-state index in [9.17, 15) is 4.79 Å². The zero-order valence-electron chi connectivity index (χ0n) is 11.9. The molecule has 3 rings (SSSR count). The van der Waals surface area contributed by atoms with E-state index in [1.165, 1.54) is 6.20 Å². The highest BCUT2D eigenvalue weighted by Crippen LogP contribution is 2.10. The van der Waals surface area contributed by atoms with E-state index in [0.717, 1.165) is 0 Å². The molecule has 0 unspecified atom stereocenters. The summed E-state index contributed by atoms with van der Waals surface area (Å²) in [4.78, 5) is 24.5. The van der Waals surface area contributed by atoms with Crippen molar-refractivity contribution in [2.75, 3.05) is 6.54 Å². The third-order valence-corrected chi connectivity index (χ3v) is 3.11. The van der Waals surface area contributed by atoms with Crippen molar-refractivity contribution in [3.05, 3.63) is 48.4 Å². The van der Waals surface area contributed by atoms with Crippen molar-refractivity contribution in [2.45, 2.75) is 13.5 Å². The molecule has 112 valence electrons. The number of carbonyl (C=O) groups is 1. The first kappa shape index (κ1) is 13.9. The first-order valence-electron chi connectivity index (χ1n) is 6.73. The van der Waals surface area contributed by atoms with Crippen LogP contribution >= 0.6 is 0 Å². The van der Waals surface area contributed by atoms with Gasteiger partial charge in [-0.15, -0.1) is 0 Å². The molecule has 0 saturated carbocycles. The summed E-state index contributed by atoms with van der Waals surface area (Å²) in [5, 5.41) is 6.40. The van der Waals surface area contributed by atoms with Gasteiger partial charge in [-0.25, -0.2) is 15.0 Å². The van der Waals surface area contributed by atoms with Gasteiger partial charge < -0.3 is 14.4 Å². The molecule has 0 atom stereocenters. The molecule has 0 aliphatic rings. The Morgan fingerprint density at radius 3 is 2.82 bits per heavy atom. The van der Waals surface area contributed by atoms with E-state index < -0.39 is 0 Å². The predicted molar refractivity (Wildman–Crippen MR) is 76.8 cm³/mol. The summed E-state index contributed by atoms with van der Waals surface area (Å²) in [5.74, 6) is 1.50. The topological polar surface area (TPSA) is 98.7 Å². The van der Waals surface area contributed by atoms with Gasteiger partial charge in [-0.05, 0) is 13.0 Å². The maximum absolute atomic E-state index is 11.9. The minimum Gasteiger partial charge on any atom is -0.361 e. The fraction of sp³-hybridized carbons (Fsp3) is 0.214. The average molecular weight is 298 g/mol. The Balaban J connectivity index is 1.63. The fourth-order valence-corrected chi connectivity index (χ4v) is 2.01. The lowest BCUT2D eigenvalue weighted by atomic mass is 10.2. The van der Waals surface area contributed by atoms with Gasteiger partial charge in [0.2, 0.25) is 0 Å². The molecule has 0 aliphatic heterocycles. The van der Waals surface area contributed by atoms with E-state index in [2.05, 4.69) is 25.4 Å². The van der Waals surface area contributed by atoms with Crippen molar-refractivity contribution in [3.63, 3.8) is 0 Å². The highest BCUT2D eigenvalue weighted by atomic mass is 16.5. The van der Waals surface area contributed by atoms with Crippen LogP contribution in [0.15, 0.2) is 41.6 Å². The first-order valence-corrected chi connectivity index (χ1v) is 6.73. The molecule has 3 aromatic heterocycles. The second-order valence-electron chi connectivity index (χ2n) is 4.57. The molecule has 3 heterocycles. The number of amides is 1. The number of nitrogens with one attached hydrogen (secondary N) is 1. The van der Waals surface area contributed by atoms with E-state index >= 15 is 0 Å². The molecule has 3 aromatic rings. The average Bonchev–Trinajstić information content (AvgIpc) is 3.17. The smallest absolute Gasteiger partial charge is 0.256 e. The van der Waals surface area contributed by atoms with E-state index in [4.69, 9.17) is 4.52 Å². The summed E-state index contributed by atoms with van der Waals surface area (Å²) in [6, 6.07) is 1.75. The zero-order chi connectivity index (χ0) is 15.4. The maximum atomic E-state index is 11.9. The van der Waals surface area contributed by atoms with Crippen LogP contribution in [0.25, 0.3) is 11.6 Å². The van der Waals surface area contributed by atoms with Crippen molar-refractivity contribution in [1.82, 2.24) is 30.0 Å². The summed E-state index contributed by atoms with van der Waals surface area (Å²) in [6.07, 6.45) is 8.24. The van der Waals surface area contributed by atoms with Gasteiger partial charge in [-0.2, -0.15) is 0 Å². The lowest BCUT2D eigenvalue weighted by Gasteiger charge is -2.07. The van der Waals surface area contributed by atoms with Crippen LogP contribution in [-0.2, 0) is 6.54 Å². The van der Waals surface area contributed by atoms with Gasteiger partial charge in [0.1, 0.15) is 11.3 Å². The normalized spacial score (nSPS) is 10.6. The Morgan fingerprint density at radius 1 is 1.27 bits per heavy atom. The molecule has 0 fully saturated rings. The van der Waals surface area contributed by atoms with Crippen LogP contribution in [0.4, 0.5) is 0 Å². The van der Waals surface area contributed by atoms with Crippen molar-refractivity contribution in [2.24, 2.45) is 0 Å². The van der Waals surface area contributed by atoms with Crippen molar-refractivity contribution < 1.29 is 9.32 Å². The Kier molecular flexibility index (Phi) is 3.90. The monoisotopic (exact) mass is 298 g/mol. The SMILES string of the molecule is Cc1oncc1C(=O)NCCn1ccnc1-c1ncccn1. The summed E-state index contributed by atoms with van der Waals surface area (Å²) in [5.41, 5.74) is 0.442. The summed E-state index contributed by atoms with van der Waals surface area (Å²) >= 11 is 0. The summed E-state index contributed by atoms with van der Waals surface area (Å²) < 4.78 is 6.76. The maximum Gasteiger partial charge on any atom is 0.256 e. The lowest BCUT2D eigenvalue weighted by Crippen LogP contribution is -2.27. The number of nitrogens with zero attached hydrogens (tertiary/aromatic N) is 5. The van der Waals surface area contributed by atoms with Crippen molar-refractivity contribution >= 4 is 5.91 Å². The van der Waals surface area contributed by atoms with Crippen LogP contribution in [-0.4, -0.2) is 37.1 Å². The largest absolute Gasteiger partial charge is 0.361 e. The quantitative estimate of drug-likeness (QED) is 0.756. The van der Waals surface area contributed by atoms with Gasteiger partial charge >= 0.3 is 0 Å². The number of imidazole rings is 1. The van der Waals surface area contributed by atoms with Crippen molar-refractivity contribution in [3.8, 4) is 11.6 Å². The van der Waals surface area contributed by atoms with Crippen LogP contribution < -0.4 is 5.32 Å². The van der Waals surface area contributed by atoms with Gasteiger partial charge in [-0.3, -0.25) is 4.79 Å². The molecule has 0 aromatic carbocycles. The molecule has 1 amide bonds. The Labute approximate surface area is 126 Å². The number of aromatic nitrogens is 5. The molecule has 0 bridgehead atoms. The van der Waals surface area contributed by atoms with E-state index in [1.807, 2.05) is 10.8 Å². The Morgan fingerprint density at radius 2 is 2.09 bits per heavy atom. The summed E-state index contributed by atoms with van der Waals surface area (Å²) in [6.45, 7) is 2.70. The fourth-order valence-electron chi connectivity index (χ4n) is 2.01. The van der Waals surface area contributed by atoms with Crippen LogP contribution in [0.3, 0.4) is 0 Å². The number of rotatable bonds is 5. The van der Waals surface area contributed by atoms with Gasteiger partial charge in [0.25, 0.3) is 5.91 Å². The molecule has 0 saturated heterocycles. The predicted octanol–water partition coefficient (Wildman–Crippen LogP) is 1.07. The molecule has 0 spiro atoms. The van der Waals surface area contributed by atoms with Crippen LogP contribution in [0, 0.1) is 6.92 Å². The third kappa shape index (κ3) is 2.85. The number of hydrogen-bond donors (Lipinski definition) is 1. The molecule has 22 heavy (non-hydrogen) atoms. The van der Waals surface area contributed by atoms with Gasteiger partial charge in [0, 0.05) is 37.9 Å². The molecule has 8 nitrogen and oxygen atoms in total. The summed E-state index contributed by atoms with van der Waals surface area (Å²) in [7, 11) is 0.